The number of hydrogen-bond donors (Lipinski definition) is 2. The smallest absolute Gasteiger partial charge is 0.230 e. The Morgan fingerprint density at radius 1 is 1.19 bits per heavy atom. The van der Waals surface area contributed by atoms with Crippen molar-refractivity contribution in [1.29, 1.82) is 0 Å². The van der Waals surface area contributed by atoms with Gasteiger partial charge in [0.25, 0.3) is 0 Å². The molecule has 1 aromatic heterocycles. The van der Waals surface area contributed by atoms with Crippen LogP contribution in [0, 0.1) is 0 Å². The third-order valence-electron chi connectivity index (χ3n) is 3.79. The average Bonchev–Trinajstić information content (AvgIpc) is 3.01. The number of nitrogens with one attached hydrogen (secondary N) is 1. The molecule has 0 radical (unpaired) electrons. The van der Waals surface area contributed by atoms with E-state index in [0.717, 1.165) is 5.56 Å². The standard InChI is InChI=1S/C18H18ClN5OS/c1-12(13-7-3-2-4-8-13)21-16(25)11-26-18-23-22-17(24(18)20)14-9-5-6-10-15(14)19/h2-10,12H,11,20H2,1H3,(H,21,25). The van der Waals surface area contributed by atoms with Gasteiger partial charge < -0.3 is 11.2 Å². The van der Waals surface area contributed by atoms with Gasteiger partial charge in [-0.05, 0) is 24.6 Å². The number of nitrogen functional groups attached to an aromatic ring is 1. The number of thioether (sulfide) groups is 1. The Hall–Kier alpha value is -2.51. The molecule has 134 valence electrons. The maximum Gasteiger partial charge on any atom is 0.230 e. The van der Waals surface area contributed by atoms with Gasteiger partial charge in [-0.3, -0.25) is 4.79 Å². The highest BCUT2D eigenvalue weighted by atomic mass is 35.5. The molecule has 8 heteroatoms. The molecule has 0 saturated heterocycles. The van der Waals surface area contributed by atoms with Crippen molar-refractivity contribution in [2.75, 3.05) is 11.6 Å². The summed E-state index contributed by atoms with van der Waals surface area (Å²) in [5, 5.41) is 12.1. The van der Waals surface area contributed by atoms with Crippen molar-refractivity contribution in [2.24, 2.45) is 0 Å². The molecule has 0 spiro atoms. The first-order valence-electron chi connectivity index (χ1n) is 7.98. The van der Waals surface area contributed by atoms with E-state index in [0.29, 0.717) is 21.6 Å². The second kappa shape index (κ2) is 8.25. The molecule has 0 aliphatic carbocycles. The Labute approximate surface area is 160 Å². The van der Waals surface area contributed by atoms with Crippen LogP contribution in [-0.4, -0.2) is 26.5 Å². The highest BCUT2D eigenvalue weighted by Crippen LogP contribution is 2.27. The minimum absolute atomic E-state index is 0.0706. The molecule has 1 amide bonds. The number of nitrogens with two attached hydrogens (primary N) is 1. The van der Waals surface area contributed by atoms with Gasteiger partial charge in [0.15, 0.2) is 5.82 Å². The lowest BCUT2D eigenvalue weighted by atomic mass is 10.1. The Bertz CT molecular complexity index is 900. The maximum atomic E-state index is 12.2. The Morgan fingerprint density at radius 3 is 2.62 bits per heavy atom. The van der Waals surface area contributed by atoms with Gasteiger partial charge in [-0.15, -0.1) is 10.2 Å². The van der Waals surface area contributed by atoms with Crippen LogP contribution in [0.1, 0.15) is 18.5 Å². The molecule has 1 unspecified atom stereocenters. The van der Waals surface area contributed by atoms with Crippen LogP contribution in [0.2, 0.25) is 5.02 Å². The lowest BCUT2D eigenvalue weighted by Gasteiger charge is -2.13. The first-order chi connectivity index (χ1) is 12.6. The summed E-state index contributed by atoms with van der Waals surface area (Å²) >= 11 is 7.40. The molecular formula is C18H18ClN5OS. The number of aromatic nitrogens is 3. The summed E-state index contributed by atoms with van der Waals surface area (Å²) in [7, 11) is 0. The molecule has 2 aromatic carbocycles. The number of carbonyl (C=O) groups is 1. The zero-order valence-corrected chi connectivity index (χ0v) is 15.7. The highest BCUT2D eigenvalue weighted by Gasteiger charge is 2.16. The van der Waals surface area contributed by atoms with Gasteiger partial charge >= 0.3 is 0 Å². The van der Waals surface area contributed by atoms with Crippen LogP contribution in [0.4, 0.5) is 0 Å². The number of nitrogens with zero attached hydrogens (tertiary/aromatic N) is 3. The number of amides is 1. The van der Waals surface area contributed by atoms with Gasteiger partial charge in [-0.25, -0.2) is 4.68 Å². The fraction of sp³-hybridized carbons (Fsp3) is 0.167. The van der Waals surface area contributed by atoms with Crippen LogP contribution < -0.4 is 11.2 Å². The molecular weight excluding hydrogens is 370 g/mol. The minimum Gasteiger partial charge on any atom is -0.349 e. The van der Waals surface area contributed by atoms with Crippen molar-refractivity contribution in [1.82, 2.24) is 20.2 Å². The van der Waals surface area contributed by atoms with Crippen LogP contribution in [0.3, 0.4) is 0 Å². The summed E-state index contributed by atoms with van der Waals surface area (Å²) < 4.78 is 1.35. The number of halogens is 1. The molecule has 0 aliphatic rings. The van der Waals surface area contributed by atoms with E-state index in [-0.39, 0.29) is 17.7 Å². The number of benzene rings is 2. The summed E-state index contributed by atoms with van der Waals surface area (Å²) in [4.78, 5) is 12.2. The first-order valence-corrected chi connectivity index (χ1v) is 9.35. The van der Waals surface area contributed by atoms with E-state index in [1.54, 1.807) is 6.07 Å². The number of hydrogen-bond acceptors (Lipinski definition) is 5. The normalized spacial score (nSPS) is 11.9. The molecule has 0 aliphatic heterocycles. The Morgan fingerprint density at radius 2 is 1.88 bits per heavy atom. The molecule has 3 aromatic rings. The van der Waals surface area contributed by atoms with Gasteiger partial charge in [0.1, 0.15) is 0 Å². The van der Waals surface area contributed by atoms with Gasteiger partial charge in [0.2, 0.25) is 11.1 Å². The van der Waals surface area contributed by atoms with Crippen molar-refractivity contribution in [3.63, 3.8) is 0 Å². The van der Waals surface area contributed by atoms with E-state index in [4.69, 9.17) is 17.4 Å². The predicted molar refractivity (Wildman–Crippen MR) is 104 cm³/mol. The van der Waals surface area contributed by atoms with E-state index in [9.17, 15) is 4.79 Å². The summed E-state index contributed by atoms with van der Waals surface area (Å²) in [6.45, 7) is 1.94. The molecule has 1 atom stereocenters. The van der Waals surface area contributed by atoms with Crippen molar-refractivity contribution >= 4 is 29.3 Å². The summed E-state index contributed by atoms with van der Waals surface area (Å²) in [5.41, 5.74) is 1.74. The van der Waals surface area contributed by atoms with E-state index >= 15 is 0 Å². The second-order valence-electron chi connectivity index (χ2n) is 5.64. The maximum absolute atomic E-state index is 12.2. The van der Waals surface area contributed by atoms with Crippen LogP contribution in [0.5, 0.6) is 0 Å². The fourth-order valence-corrected chi connectivity index (χ4v) is 3.33. The van der Waals surface area contributed by atoms with Gasteiger partial charge in [0, 0.05) is 5.56 Å². The molecule has 1 heterocycles. The summed E-state index contributed by atoms with van der Waals surface area (Å²) in [6.07, 6.45) is 0. The monoisotopic (exact) mass is 387 g/mol. The topological polar surface area (TPSA) is 85.8 Å². The van der Waals surface area contributed by atoms with Crippen LogP contribution >= 0.6 is 23.4 Å². The second-order valence-corrected chi connectivity index (χ2v) is 6.99. The van der Waals surface area contributed by atoms with Crippen molar-refractivity contribution in [3.8, 4) is 11.4 Å². The van der Waals surface area contributed by atoms with Crippen molar-refractivity contribution in [2.45, 2.75) is 18.1 Å². The molecule has 0 saturated carbocycles. The fourth-order valence-electron chi connectivity index (χ4n) is 2.44. The third-order valence-corrected chi connectivity index (χ3v) is 5.06. The van der Waals surface area contributed by atoms with Crippen molar-refractivity contribution < 1.29 is 4.79 Å². The van der Waals surface area contributed by atoms with E-state index < -0.39 is 0 Å². The lowest BCUT2D eigenvalue weighted by Crippen LogP contribution is -2.28. The van der Waals surface area contributed by atoms with Gasteiger partial charge in [-0.1, -0.05) is 65.8 Å². The number of carbonyl (C=O) groups excluding carboxylic acids is 1. The van der Waals surface area contributed by atoms with Gasteiger partial charge in [0.05, 0.1) is 16.8 Å². The van der Waals surface area contributed by atoms with E-state index in [1.807, 2.05) is 55.5 Å². The van der Waals surface area contributed by atoms with Gasteiger partial charge in [-0.2, -0.15) is 0 Å². The molecule has 0 bridgehead atoms. The lowest BCUT2D eigenvalue weighted by molar-refractivity contribution is -0.119. The van der Waals surface area contributed by atoms with Crippen LogP contribution in [0.25, 0.3) is 11.4 Å². The third kappa shape index (κ3) is 4.17. The quantitative estimate of drug-likeness (QED) is 0.500. The molecule has 3 N–H and O–H groups in total. The van der Waals surface area contributed by atoms with E-state index in [1.165, 1.54) is 16.4 Å². The van der Waals surface area contributed by atoms with Crippen molar-refractivity contribution in [3.05, 3.63) is 65.2 Å². The summed E-state index contributed by atoms with van der Waals surface area (Å²) in [6, 6.07) is 17.0. The average molecular weight is 388 g/mol. The number of rotatable bonds is 6. The minimum atomic E-state index is -0.103. The van der Waals surface area contributed by atoms with Crippen LogP contribution in [-0.2, 0) is 4.79 Å². The largest absolute Gasteiger partial charge is 0.349 e. The summed E-state index contributed by atoms with van der Waals surface area (Å²) in [5.74, 6) is 6.60. The molecule has 6 nitrogen and oxygen atoms in total. The Kier molecular flexibility index (Phi) is 5.80. The molecule has 26 heavy (non-hydrogen) atoms. The first kappa shape index (κ1) is 18.3. The SMILES string of the molecule is CC(NC(=O)CSc1nnc(-c2ccccc2Cl)n1N)c1ccccc1. The van der Waals surface area contributed by atoms with E-state index in [2.05, 4.69) is 15.5 Å². The zero-order chi connectivity index (χ0) is 18.5. The highest BCUT2D eigenvalue weighted by molar-refractivity contribution is 7.99. The molecule has 0 fully saturated rings. The zero-order valence-electron chi connectivity index (χ0n) is 14.1. The predicted octanol–water partition coefficient (Wildman–Crippen LogP) is 3.28. The Balaban J connectivity index is 1.62. The molecule has 3 rings (SSSR count). The van der Waals surface area contributed by atoms with Crippen LogP contribution in [0.15, 0.2) is 59.8 Å².